The van der Waals surface area contributed by atoms with Gasteiger partial charge in [0.2, 0.25) is 10.0 Å². The van der Waals surface area contributed by atoms with Gasteiger partial charge in [0, 0.05) is 25.4 Å². The fourth-order valence-electron chi connectivity index (χ4n) is 3.19. The lowest BCUT2D eigenvalue weighted by molar-refractivity contribution is 0.318. The number of benzene rings is 1. The Morgan fingerprint density at radius 1 is 1.19 bits per heavy atom. The van der Waals surface area contributed by atoms with Crippen molar-refractivity contribution in [1.82, 2.24) is 14.5 Å². The summed E-state index contributed by atoms with van der Waals surface area (Å²) in [7, 11) is -1.43. The number of hydrogen-bond donors (Lipinski definition) is 0. The number of rotatable bonds is 7. The van der Waals surface area contributed by atoms with E-state index >= 15 is 0 Å². The van der Waals surface area contributed by atoms with Crippen LogP contribution in [-0.4, -0.2) is 48.9 Å². The number of piperidine rings is 1. The first kappa shape index (κ1) is 19.3. The molecule has 1 fully saturated rings. The number of aromatic nitrogens is 2. The Balaban J connectivity index is 1.58. The van der Waals surface area contributed by atoms with Gasteiger partial charge in [0.25, 0.3) is 0 Å². The molecule has 0 bridgehead atoms. The minimum absolute atomic E-state index is 0.239. The molecule has 0 amide bonds. The maximum absolute atomic E-state index is 12.2. The number of sulfonamides is 1. The molecule has 6 nitrogen and oxygen atoms in total. The Labute approximate surface area is 159 Å². The minimum Gasteiger partial charge on any atom is -0.497 e. The summed E-state index contributed by atoms with van der Waals surface area (Å²) in [6.07, 6.45) is 3.05. The maximum Gasteiger partial charge on any atom is 0.214 e. The summed E-state index contributed by atoms with van der Waals surface area (Å²) in [4.78, 5) is 0. The van der Waals surface area contributed by atoms with Gasteiger partial charge in [-0.2, -0.15) is 0 Å². The van der Waals surface area contributed by atoms with Crippen LogP contribution in [0.15, 0.2) is 24.3 Å². The predicted octanol–water partition coefficient (Wildman–Crippen LogP) is 3.06. The van der Waals surface area contributed by atoms with Gasteiger partial charge < -0.3 is 4.74 Å². The van der Waals surface area contributed by atoms with Gasteiger partial charge in [0.05, 0.1) is 12.9 Å². The molecule has 1 saturated heterocycles. The first-order valence-electron chi connectivity index (χ1n) is 8.95. The second-order valence-electron chi connectivity index (χ2n) is 6.55. The molecule has 0 atom stereocenters. The molecule has 0 N–H and O–H groups in total. The highest BCUT2D eigenvalue weighted by molar-refractivity contribution is 7.89. The molecule has 0 radical (unpaired) electrons. The fraction of sp³-hybridized carbons (Fsp3) is 0.556. The van der Waals surface area contributed by atoms with Crippen molar-refractivity contribution >= 4 is 21.4 Å². The highest BCUT2D eigenvalue weighted by Gasteiger charge is 2.29. The molecule has 3 rings (SSSR count). The van der Waals surface area contributed by atoms with Crippen LogP contribution in [0.5, 0.6) is 5.75 Å². The third kappa shape index (κ3) is 4.61. The van der Waals surface area contributed by atoms with Crippen molar-refractivity contribution in [3.05, 3.63) is 39.8 Å². The van der Waals surface area contributed by atoms with Gasteiger partial charge in [-0.1, -0.05) is 19.1 Å². The van der Waals surface area contributed by atoms with E-state index in [2.05, 4.69) is 10.2 Å². The van der Waals surface area contributed by atoms with Gasteiger partial charge in [0.1, 0.15) is 15.8 Å². The van der Waals surface area contributed by atoms with Crippen molar-refractivity contribution < 1.29 is 13.2 Å². The number of hydrogen-bond acceptors (Lipinski definition) is 6. The molecule has 0 spiro atoms. The van der Waals surface area contributed by atoms with E-state index in [1.54, 1.807) is 22.8 Å². The molecule has 2 heterocycles. The van der Waals surface area contributed by atoms with Crippen LogP contribution in [-0.2, 0) is 16.4 Å². The van der Waals surface area contributed by atoms with Gasteiger partial charge in [-0.05, 0) is 37.0 Å². The molecule has 2 aromatic rings. The average molecular weight is 396 g/mol. The zero-order chi connectivity index (χ0) is 18.6. The van der Waals surface area contributed by atoms with Crippen LogP contribution in [0.2, 0.25) is 0 Å². The van der Waals surface area contributed by atoms with Crippen molar-refractivity contribution in [2.24, 2.45) is 0 Å². The van der Waals surface area contributed by atoms with Gasteiger partial charge in [0.15, 0.2) is 0 Å². The quantitative estimate of drug-likeness (QED) is 0.720. The Morgan fingerprint density at radius 3 is 2.50 bits per heavy atom. The molecule has 1 aliphatic rings. The topological polar surface area (TPSA) is 72.4 Å². The summed E-state index contributed by atoms with van der Waals surface area (Å²) in [5, 5.41) is 10.7. The number of methoxy groups -OCH3 is 1. The van der Waals surface area contributed by atoms with E-state index in [0.29, 0.717) is 25.4 Å². The molecule has 26 heavy (non-hydrogen) atoms. The summed E-state index contributed by atoms with van der Waals surface area (Å²) >= 11 is 1.64. The molecule has 1 aromatic carbocycles. The Kier molecular flexibility index (Phi) is 6.26. The van der Waals surface area contributed by atoms with E-state index in [0.717, 1.165) is 35.0 Å². The molecular weight excluding hydrogens is 370 g/mol. The third-order valence-corrected chi connectivity index (χ3v) is 7.82. The van der Waals surface area contributed by atoms with E-state index in [1.807, 2.05) is 31.2 Å². The maximum atomic E-state index is 12.2. The lowest BCUT2D eigenvalue weighted by Crippen LogP contribution is -2.39. The first-order valence-corrected chi connectivity index (χ1v) is 11.4. The van der Waals surface area contributed by atoms with Gasteiger partial charge >= 0.3 is 0 Å². The van der Waals surface area contributed by atoms with Crippen LogP contribution in [0, 0.1) is 0 Å². The fourth-order valence-corrected chi connectivity index (χ4v) is 5.78. The molecule has 1 aliphatic heterocycles. The van der Waals surface area contributed by atoms with Crippen LogP contribution >= 0.6 is 11.3 Å². The van der Waals surface area contributed by atoms with Crippen molar-refractivity contribution in [3.8, 4) is 5.75 Å². The Hall–Kier alpha value is -1.51. The SMILES string of the molecule is CCCS(=O)(=O)N1CCC(c2nnc(Cc3ccc(OC)cc3)s2)CC1. The molecule has 142 valence electrons. The highest BCUT2D eigenvalue weighted by Crippen LogP contribution is 2.31. The average Bonchev–Trinajstić information content (AvgIpc) is 3.11. The van der Waals surface area contributed by atoms with Gasteiger partial charge in [-0.25, -0.2) is 12.7 Å². The van der Waals surface area contributed by atoms with Crippen molar-refractivity contribution in [1.29, 1.82) is 0 Å². The summed E-state index contributed by atoms with van der Waals surface area (Å²) in [6.45, 7) is 3.07. The van der Waals surface area contributed by atoms with Crippen LogP contribution in [0.3, 0.4) is 0 Å². The monoisotopic (exact) mass is 395 g/mol. The Bertz CT molecular complexity index is 810. The zero-order valence-corrected chi connectivity index (χ0v) is 16.9. The van der Waals surface area contributed by atoms with Crippen molar-refractivity contribution in [2.45, 2.75) is 38.5 Å². The molecule has 8 heteroatoms. The molecule has 1 aromatic heterocycles. The largest absolute Gasteiger partial charge is 0.497 e. The van der Waals surface area contributed by atoms with Crippen LogP contribution < -0.4 is 4.74 Å². The van der Waals surface area contributed by atoms with E-state index in [1.165, 1.54) is 5.56 Å². The standard InChI is InChI=1S/C18H25N3O3S2/c1-3-12-26(22,23)21-10-8-15(9-11-21)18-20-19-17(25-18)13-14-4-6-16(24-2)7-5-14/h4-7,15H,3,8-13H2,1-2H3. The summed E-state index contributed by atoms with van der Waals surface area (Å²) in [6, 6.07) is 7.97. The summed E-state index contributed by atoms with van der Waals surface area (Å²) < 4.78 is 31.2. The van der Waals surface area contributed by atoms with Crippen LogP contribution in [0.25, 0.3) is 0 Å². The lowest BCUT2D eigenvalue weighted by Gasteiger charge is -2.29. The smallest absolute Gasteiger partial charge is 0.214 e. The van der Waals surface area contributed by atoms with E-state index in [-0.39, 0.29) is 5.75 Å². The number of ether oxygens (including phenoxy) is 1. The van der Waals surface area contributed by atoms with Gasteiger partial charge in [-0.3, -0.25) is 0 Å². The van der Waals surface area contributed by atoms with Crippen molar-refractivity contribution in [3.63, 3.8) is 0 Å². The lowest BCUT2D eigenvalue weighted by atomic mass is 9.99. The first-order chi connectivity index (χ1) is 12.5. The van der Waals surface area contributed by atoms with Crippen LogP contribution in [0.4, 0.5) is 0 Å². The highest BCUT2D eigenvalue weighted by atomic mass is 32.2. The predicted molar refractivity (Wildman–Crippen MR) is 103 cm³/mol. The van der Waals surface area contributed by atoms with E-state index < -0.39 is 10.0 Å². The second kappa shape index (κ2) is 8.45. The summed E-state index contributed by atoms with van der Waals surface area (Å²) in [5.74, 6) is 1.39. The molecule has 0 unspecified atom stereocenters. The second-order valence-corrected chi connectivity index (χ2v) is 9.73. The molecular formula is C18H25N3O3S2. The Morgan fingerprint density at radius 2 is 1.88 bits per heavy atom. The van der Waals surface area contributed by atoms with Crippen molar-refractivity contribution in [2.75, 3.05) is 26.0 Å². The minimum atomic E-state index is -3.09. The van der Waals surface area contributed by atoms with Gasteiger partial charge in [-0.15, -0.1) is 21.5 Å². The van der Waals surface area contributed by atoms with Crippen LogP contribution in [0.1, 0.15) is 47.7 Å². The van der Waals surface area contributed by atoms with E-state index in [4.69, 9.17) is 4.74 Å². The molecule has 0 aliphatic carbocycles. The van der Waals surface area contributed by atoms with E-state index in [9.17, 15) is 8.42 Å². The third-order valence-electron chi connectivity index (χ3n) is 4.66. The summed E-state index contributed by atoms with van der Waals surface area (Å²) in [5.41, 5.74) is 1.17. The zero-order valence-electron chi connectivity index (χ0n) is 15.2. The number of nitrogens with zero attached hydrogens (tertiary/aromatic N) is 3. The normalized spacial score (nSPS) is 16.7. The molecule has 0 saturated carbocycles.